The quantitative estimate of drug-likeness (QED) is 0.437. The highest BCUT2D eigenvalue weighted by molar-refractivity contribution is 7.92. The van der Waals surface area contributed by atoms with Crippen molar-refractivity contribution in [3.8, 4) is 0 Å². The van der Waals surface area contributed by atoms with Crippen LogP contribution in [0.3, 0.4) is 0 Å². The minimum Gasteiger partial charge on any atom is -0.370 e. The van der Waals surface area contributed by atoms with Gasteiger partial charge >= 0.3 is 0 Å². The van der Waals surface area contributed by atoms with Crippen LogP contribution in [-0.4, -0.2) is 51.0 Å². The Labute approximate surface area is 203 Å². The van der Waals surface area contributed by atoms with Crippen molar-refractivity contribution in [1.82, 2.24) is 9.88 Å². The van der Waals surface area contributed by atoms with Gasteiger partial charge in [-0.1, -0.05) is 17.7 Å². The number of benzene rings is 1. The number of pyridine rings is 1. The summed E-state index contributed by atoms with van der Waals surface area (Å²) in [5, 5.41) is -0.464. The second-order valence-electron chi connectivity index (χ2n) is 9.96. The van der Waals surface area contributed by atoms with Crippen LogP contribution in [0, 0.1) is 28.9 Å². The largest absolute Gasteiger partial charge is 0.370 e. The summed E-state index contributed by atoms with van der Waals surface area (Å²) in [6.07, 6.45) is 2.96. The topological polar surface area (TPSA) is 65.5 Å². The number of rotatable bonds is 6. The summed E-state index contributed by atoms with van der Waals surface area (Å²) >= 11 is 6.26. The minimum absolute atomic E-state index is 0.0133. The van der Waals surface area contributed by atoms with E-state index < -0.39 is 43.3 Å². The van der Waals surface area contributed by atoms with Gasteiger partial charge in [-0.05, 0) is 70.7 Å². The molecule has 0 amide bonds. The Balaban J connectivity index is 1.63. The first kappa shape index (κ1) is 25.1. The standard InChI is InChI=1S/C23H28ClF3N4O2S/c1-22(2,30(3)4)16-8-9-23(16)10-11-31(13-23)15-12-14(25)21(20(27)19(15)24)34(32,33)29-18-7-5-6-17(26)28-18/h5-7,12,16H,8-11,13H2,1-4H3,(H,28,29)/t16-,23+/m1/s1. The first-order chi connectivity index (χ1) is 15.8. The summed E-state index contributed by atoms with van der Waals surface area (Å²) in [7, 11) is -0.649. The zero-order chi connectivity index (χ0) is 25.1. The van der Waals surface area contributed by atoms with Crippen LogP contribution in [0.2, 0.25) is 5.02 Å². The lowest BCUT2D eigenvalue weighted by molar-refractivity contribution is -0.0539. The lowest BCUT2D eigenvalue weighted by atomic mass is 9.53. The number of nitrogens with zero attached hydrogens (tertiary/aromatic N) is 3. The van der Waals surface area contributed by atoms with Crippen molar-refractivity contribution in [2.75, 3.05) is 36.8 Å². The maximum atomic E-state index is 15.2. The van der Waals surface area contributed by atoms with Gasteiger partial charge in [-0.3, -0.25) is 4.72 Å². The van der Waals surface area contributed by atoms with E-state index in [2.05, 4.69) is 23.7 Å². The van der Waals surface area contributed by atoms with Crippen LogP contribution >= 0.6 is 11.6 Å². The van der Waals surface area contributed by atoms with Crippen molar-refractivity contribution in [2.45, 2.75) is 43.5 Å². The average Bonchev–Trinajstić information content (AvgIpc) is 3.16. The molecule has 11 heteroatoms. The lowest BCUT2D eigenvalue weighted by Crippen LogP contribution is -2.58. The maximum absolute atomic E-state index is 15.2. The van der Waals surface area contributed by atoms with Gasteiger partial charge in [-0.25, -0.2) is 22.2 Å². The van der Waals surface area contributed by atoms with E-state index in [0.29, 0.717) is 19.0 Å². The molecule has 1 saturated carbocycles. The summed E-state index contributed by atoms with van der Waals surface area (Å²) < 4.78 is 70.8. The molecule has 6 nitrogen and oxygen atoms in total. The fourth-order valence-corrected chi connectivity index (χ4v) is 6.87. The van der Waals surface area contributed by atoms with Gasteiger partial charge in [-0.2, -0.15) is 4.39 Å². The highest BCUT2D eigenvalue weighted by Crippen LogP contribution is 2.58. The molecule has 1 aromatic heterocycles. The number of halogens is 4. The Morgan fingerprint density at radius 3 is 2.53 bits per heavy atom. The van der Waals surface area contributed by atoms with Crippen LogP contribution in [-0.2, 0) is 10.0 Å². The summed E-state index contributed by atoms with van der Waals surface area (Å²) in [5.41, 5.74) is 0.104. The summed E-state index contributed by atoms with van der Waals surface area (Å²) in [4.78, 5) is 6.18. The van der Waals surface area contributed by atoms with Crippen molar-refractivity contribution >= 4 is 33.1 Å². The highest BCUT2D eigenvalue weighted by atomic mass is 35.5. The van der Waals surface area contributed by atoms with Crippen molar-refractivity contribution in [3.05, 3.63) is 46.9 Å². The van der Waals surface area contributed by atoms with Gasteiger partial charge in [0, 0.05) is 24.7 Å². The Morgan fingerprint density at radius 2 is 1.94 bits per heavy atom. The molecule has 1 aliphatic heterocycles. The van der Waals surface area contributed by atoms with Crippen LogP contribution in [0.25, 0.3) is 0 Å². The van der Waals surface area contributed by atoms with E-state index in [1.54, 1.807) is 0 Å². The number of sulfonamides is 1. The summed E-state index contributed by atoms with van der Waals surface area (Å²) in [6, 6.07) is 4.36. The molecule has 2 heterocycles. The Hall–Kier alpha value is -2.04. The van der Waals surface area contributed by atoms with E-state index in [1.165, 1.54) is 12.1 Å². The van der Waals surface area contributed by atoms with Gasteiger partial charge in [0.2, 0.25) is 5.95 Å². The molecule has 4 rings (SSSR count). The highest BCUT2D eigenvalue weighted by Gasteiger charge is 2.56. The molecule has 2 aromatic rings. The van der Waals surface area contributed by atoms with Gasteiger partial charge in [0.05, 0.1) is 5.69 Å². The van der Waals surface area contributed by atoms with Gasteiger partial charge < -0.3 is 9.80 Å². The van der Waals surface area contributed by atoms with E-state index in [0.717, 1.165) is 31.4 Å². The lowest BCUT2D eigenvalue weighted by Gasteiger charge is -2.57. The van der Waals surface area contributed by atoms with E-state index in [9.17, 15) is 12.8 Å². The van der Waals surface area contributed by atoms with Gasteiger partial charge in [-0.15, -0.1) is 0 Å². The Bertz CT molecular complexity index is 1220. The van der Waals surface area contributed by atoms with Crippen molar-refractivity contribution in [2.24, 2.45) is 11.3 Å². The van der Waals surface area contributed by atoms with E-state index in [1.807, 2.05) is 23.7 Å². The molecule has 2 fully saturated rings. The van der Waals surface area contributed by atoms with Crippen LogP contribution in [0.1, 0.15) is 33.1 Å². The molecule has 1 aromatic carbocycles. The second-order valence-corrected chi connectivity index (χ2v) is 12.0. The molecule has 2 atom stereocenters. The Kier molecular flexibility index (Phi) is 6.31. The summed E-state index contributed by atoms with van der Waals surface area (Å²) in [5.74, 6) is -3.60. The van der Waals surface area contributed by atoms with Gasteiger partial charge in [0.25, 0.3) is 10.0 Å². The second kappa shape index (κ2) is 8.57. The predicted molar refractivity (Wildman–Crippen MR) is 126 cm³/mol. The molecule has 0 bridgehead atoms. The van der Waals surface area contributed by atoms with Crippen LogP contribution in [0.4, 0.5) is 24.7 Å². The first-order valence-corrected chi connectivity index (χ1v) is 12.9. The maximum Gasteiger partial charge on any atom is 0.268 e. The number of hydrogen-bond donors (Lipinski definition) is 1. The van der Waals surface area contributed by atoms with Crippen molar-refractivity contribution in [3.63, 3.8) is 0 Å². The number of aromatic nitrogens is 1. The van der Waals surface area contributed by atoms with Crippen LogP contribution in [0.15, 0.2) is 29.2 Å². The zero-order valence-corrected chi connectivity index (χ0v) is 21.1. The molecule has 2 aliphatic rings. The summed E-state index contributed by atoms with van der Waals surface area (Å²) in [6.45, 7) is 5.56. The average molecular weight is 517 g/mol. The predicted octanol–water partition coefficient (Wildman–Crippen LogP) is 4.90. The van der Waals surface area contributed by atoms with E-state index >= 15 is 8.78 Å². The zero-order valence-electron chi connectivity index (χ0n) is 19.5. The third-order valence-electron chi connectivity index (χ3n) is 7.72. The first-order valence-electron chi connectivity index (χ1n) is 11.0. The number of anilines is 2. The van der Waals surface area contributed by atoms with Crippen LogP contribution in [0.5, 0.6) is 0 Å². The molecule has 0 unspecified atom stereocenters. The molecular weight excluding hydrogens is 489 g/mol. The SMILES string of the molecule is CN(C)C(C)(C)[C@H]1CC[C@@]12CCN(c1cc(F)c(S(=O)(=O)Nc3cccc(F)n3)c(F)c1Cl)C2. The normalized spacial score (nSPS) is 23.0. The minimum atomic E-state index is -4.75. The van der Waals surface area contributed by atoms with Gasteiger partial charge in [0.1, 0.15) is 16.7 Å². The molecule has 1 N–H and O–H groups in total. The molecule has 34 heavy (non-hydrogen) atoms. The number of hydrogen-bond acceptors (Lipinski definition) is 5. The van der Waals surface area contributed by atoms with Crippen LogP contribution < -0.4 is 9.62 Å². The third-order valence-corrected chi connectivity index (χ3v) is 9.47. The monoisotopic (exact) mass is 516 g/mol. The Morgan fingerprint density at radius 1 is 1.24 bits per heavy atom. The van der Waals surface area contributed by atoms with E-state index in [-0.39, 0.29) is 16.6 Å². The number of nitrogens with one attached hydrogen (secondary N) is 1. The molecule has 0 radical (unpaired) electrons. The van der Waals surface area contributed by atoms with Gasteiger partial charge in [0.15, 0.2) is 10.7 Å². The molecule has 1 aliphatic carbocycles. The molecule has 1 spiro atoms. The smallest absolute Gasteiger partial charge is 0.268 e. The van der Waals surface area contributed by atoms with Crippen molar-refractivity contribution < 1.29 is 21.6 Å². The van der Waals surface area contributed by atoms with E-state index in [4.69, 9.17) is 11.6 Å². The fourth-order valence-electron chi connectivity index (χ4n) is 5.40. The van der Waals surface area contributed by atoms with Crippen molar-refractivity contribution in [1.29, 1.82) is 0 Å². The molecular formula is C23H28ClF3N4O2S. The molecule has 186 valence electrons. The molecule has 1 saturated heterocycles. The fraction of sp³-hybridized carbons (Fsp3) is 0.522. The third kappa shape index (κ3) is 4.13.